The van der Waals surface area contributed by atoms with Crippen molar-refractivity contribution < 1.29 is 9.59 Å². The predicted octanol–water partition coefficient (Wildman–Crippen LogP) is 3.78. The average Bonchev–Trinajstić information content (AvgIpc) is 2.58. The number of hydrogen-bond donors (Lipinski definition) is 2. The van der Waals surface area contributed by atoms with E-state index in [1.807, 2.05) is 26.0 Å². The molecule has 2 aromatic rings. The molecular weight excluding hydrogens is 336 g/mol. The molecule has 0 saturated heterocycles. The van der Waals surface area contributed by atoms with E-state index in [-0.39, 0.29) is 11.8 Å². The molecule has 4 nitrogen and oxygen atoms in total. The maximum atomic E-state index is 11.9. The van der Waals surface area contributed by atoms with Gasteiger partial charge in [0.05, 0.1) is 0 Å². The van der Waals surface area contributed by atoms with Gasteiger partial charge in [-0.05, 0) is 55.7 Å². The fourth-order valence-electron chi connectivity index (χ4n) is 2.48. The summed E-state index contributed by atoms with van der Waals surface area (Å²) < 4.78 is 0. The maximum absolute atomic E-state index is 11.9. The zero-order valence-electron chi connectivity index (χ0n) is 14.6. The zero-order valence-corrected chi connectivity index (χ0v) is 15.3. The van der Waals surface area contributed by atoms with Gasteiger partial charge >= 0.3 is 0 Å². The SMILES string of the molecule is Cc1ccc(CNC(=O)CCCNC(=O)c2ccc(Cl)cc2)c(C)c1. The zero-order chi connectivity index (χ0) is 18.2. The number of carbonyl (C=O) groups is 2. The van der Waals surface area contributed by atoms with Crippen LogP contribution in [0.25, 0.3) is 0 Å². The number of hydrogen-bond acceptors (Lipinski definition) is 2. The lowest BCUT2D eigenvalue weighted by Gasteiger charge is -2.09. The Kier molecular flexibility index (Phi) is 7.02. The molecule has 0 aliphatic rings. The molecule has 2 rings (SSSR count). The summed E-state index contributed by atoms with van der Waals surface area (Å²) >= 11 is 5.79. The van der Waals surface area contributed by atoms with Gasteiger partial charge in [-0.25, -0.2) is 0 Å². The van der Waals surface area contributed by atoms with Gasteiger partial charge in [0.15, 0.2) is 0 Å². The first-order chi connectivity index (χ1) is 12.0. The van der Waals surface area contributed by atoms with Crippen LogP contribution in [0.1, 0.15) is 39.9 Å². The van der Waals surface area contributed by atoms with Crippen molar-refractivity contribution in [3.05, 3.63) is 69.7 Å². The van der Waals surface area contributed by atoms with Gasteiger partial charge in [0, 0.05) is 30.1 Å². The lowest BCUT2D eigenvalue weighted by atomic mass is 10.1. The van der Waals surface area contributed by atoms with Crippen molar-refractivity contribution in [2.45, 2.75) is 33.2 Å². The molecule has 0 radical (unpaired) electrons. The van der Waals surface area contributed by atoms with Gasteiger partial charge in [0.2, 0.25) is 5.91 Å². The average molecular weight is 359 g/mol. The number of aryl methyl sites for hydroxylation is 2. The number of nitrogens with one attached hydrogen (secondary N) is 2. The molecule has 0 atom stereocenters. The van der Waals surface area contributed by atoms with Gasteiger partial charge in [-0.1, -0.05) is 35.4 Å². The topological polar surface area (TPSA) is 58.2 Å². The van der Waals surface area contributed by atoms with Crippen LogP contribution in [-0.2, 0) is 11.3 Å². The van der Waals surface area contributed by atoms with E-state index in [1.54, 1.807) is 24.3 Å². The fourth-order valence-corrected chi connectivity index (χ4v) is 2.61. The molecule has 0 spiro atoms. The molecule has 2 amide bonds. The van der Waals surface area contributed by atoms with Crippen molar-refractivity contribution in [1.82, 2.24) is 10.6 Å². The van der Waals surface area contributed by atoms with Gasteiger partial charge in [0.25, 0.3) is 5.91 Å². The van der Waals surface area contributed by atoms with Gasteiger partial charge < -0.3 is 10.6 Å². The molecule has 0 unspecified atom stereocenters. The van der Waals surface area contributed by atoms with Crippen molar-refractivity contribution >= 4 is 23.4 Å². The van der Waals surface area contributed by atoms with Crippen LogP contribution in [0.4, 0.5) is 0 Å². The van der Waals surface area contributed by atoms with Crippen LogP contribution in [0.5, 0.6) is 0 Å². The van der Waals surface area contributed by atoms with E-state index in [9.17, 15) is 9.59 Å². The van der Waals surface area contributed by atoms with Crippen molar-refractivity contribution in [1.29, 1.82) is 0 Å². The Morgan fingerprint density at radius 1 is 1.00 bits per heavy atom. The van der Waals surface area contributed by atoms with Crippen LogP contribution < -0.4 is 10.6 Å². The van der Waals surface area contributed by atoms with E-state index >= 15 is 0 Å². The van der Waals surface area contributed by atoms with Crippen LogP contribution in [0.15, 0.2) is 42.5 Å². The number of benzene rings is 2. The second kappa shape index (κ2) is 9.23. The third kappa shape index (κ3) is 6.24. The minimum Gasteiger partial charge on any atom is -0.352 e. The number of halogens is 1. The third-order valence-electron chi connectivity index (χ3n) is 3.95. The first kappa shape index (κ1) is 19.0. The summed E-state index contributed by atoms with van der Waals surface area (Å²) in [5, 5.41) is 6.31. The minimum atomic E-state index is -0.160. The molecule has 0 aromatic heterocycles. The smallest absolute Gasteiger partial charge is 0.251 e. The molecule has 2 aromatic carbocycles. The van der Waals surface area contributed by atoms with E-state index in [0.717, 1.165) is 5.56 Å². The van der Waals surface area contributed by atoms with Crippen LogP contribution >= 0.6 is 11.6 Å². The highest BCUT2D eigenvalue weighted by Crippen LogP contribution is 2.10. The van der Waals surface area contributed by atoms with E-state index in [4.69, 9.17) is 11.6 Å². The van der Waals surface area contributed by atoms with Crippen molar-refractivity contribution in [2.24, 2.45) is 0 Å². The molecule has 0 aliphatic heterocycles. The molecule has 0 aliphatic carbocycles. The summed E-state index contributed by atoms with van der Waals surface area (Å²) in [5.74, 6) is -0.173. The highest BCUT2D eigenvalue weighted by atomic mass is 35.5. The number of rotatable bonds is 7. The molecule has 2 N–H and O–H groups in total. The van der Waals surface area contributed by atoms with Crippen molar-refractivity contribution in [3.8, 4) is 0 Å². The maximum Gasteiger partial charge on any atom is 0.251 e. The summed E-state index contributed by atoms with van der Waals surface area (Å²) in [6.45, 7) is 5.08. The standard InChI is InChI=1S/C20H23ClN2O2/c1-14-5-6-17(15(2)12-14)13-23-19(24)4-3-11-22-20(25)16-7-9-18(21)10-8-16/h5-10,12H,3-4,11,13H2,1-2H3,(H,22,25)(H,23,24). The van der Waals surface area contributed by atoms with Crippen LogP contribution in [-0.4, -0.2) is 18.4 Å². The van der Waals surface area contributed by atoms with Crippen molar-refractivity contribution in [3.63, 3.8) is 0 Å². The molecule has 0 bridgehead atoms. The Morgan fingerprint density at radius 2 is 1.72 bits per heavy atom. The second-order valence-electron chi connectivity index (χ2n) is 6.07. The fraction of sp³-hybridized carbons (Fsp3) is 0.300. The summed E-state index contributed by atoms with van der Waals surface area (Å²) in [4.78, 5) is 23.8. The lowest BCUT2D eigenvalue weighted by molar-refractivity contribution is -0.121. The molecule has 0 fully saturated rings. The Labute approximate surface area is 153 Å². The largest absolute Gasteiger partial charge is 0.352 e. The summed E-state index contributed by atoms with van der Waals surface area (Å²) in [5.41, 5.74) is 4.07. The molecule has 5 heteroatoms. The Bertz CT molecular complexity index is 742. The Hall–Kier alpha value is -2.33. The molecule has 0 saturated carbocycles. The normalized spacial score (nSPS) is 10.4. The number of amides is 2. The first-order valence-corrected chi connectivity index (χ1v) is 8.70. The van der Waals surface area contributed by atoms with E-state index in [2.05, 4.69) is 16.7 Å². The predicted molar refractivity (Wildman–Crippen MR) is 101 cm³/mol. The van der Waals surface area contributed by atoms with Crippen LogP contribution in [0.2, 0.25) is 5.02 Å². The highest BCUT2D eigenvalue weighted by molar-refractivity contribution is 6.30. The van der Waals surface area contributed by atoms with Crippen LogP contribution in [0, 0.1) is 13.8 Å². The van der Waals surface area contributed by atoms with Gasteiger partial charge in [-0.3, -0.25) is 9.59 Å². The molecular formula is C20H23ClN2O2. The van der Waals surface area contributed by atoms with Gasteiger partial charge in [0.1, 0.15) is 0 Å². The quantitative estimate of drug-likeness (QED) is 0.740. The molecule has 25 heavy (non-hydrogen) atoms. The molecule has 0 heterocycles. The van der Waals surface area contributed by atoms with E-state index in [1.165, 1.54) is 11.1 Å². The Balaban J connectivity index is 1.66. The first-order valence-electron chi connectivity index (χ1n) is 8.32. The third-order valence-corrected chi connectivity index (χ3v) is 4.20. The van der Waals surface area contributed by atoms with Gasteiger partial charge in [-0.15, -0.1) is 0 Å². The lowest BCUT2D eigenvalue weighted by Crippen LogP contribution is -2.27. The van der Waals surface area contributed by atoms with Gasteiger partial charge in [-0.2, -0.15) is 0 Å². The number of carbonyl (C=O) groups excluding carboxylic acids is 2. The summed E-state index contributed by atoms with van der Waals surface area (Å²) in [7, 11) is 0. The van der Waals surface area contributed by atoms with Crippen LogP contribution in [0.3, 0.4) is 0 Å². The van der Waals surface area contributed by atoms with E-state index < -0.39 is 0 Å². The monoisotopic (exact) mass is 358 g/mol. The summed E-state index contributed by atoms with van der Waals surface area (Å²) in [6.07, 6.45) is 0.976. The molecule has 132 valence electrons. The second-order valence-corrected chi connectivity index (χ2v) is 6.51. The van der Waals surface area contributed by atoms with E-state index in [0.29, 0.717) is 36.5 Å². The highest BCUT2D eigenvalue weighted by Gasteiger charge is 2.06. The Morgan fingerprint density at radius 3 is 2.40 bits per heavy atom. The minimum absolute atomic E-state index is 0.0132. The summed E-state index contributed by atoms with van der Waals surface area (Å²) in [6, 6.07) is 12.9. The van der Waals surface area contributed by atoms with Crippen molar-refractivity contribution in [2.75, 3.05) is 6.54 Å².